The fraction of sp³-hybridized carbons (Fsp3) is 0.833. The molecule has 0 aliphatic heterocycles. The van der Waals surface area contributed by atoms with Gasteiger partial charge in [0.1, 0.15) is 6.79 Å². The summed E-state index contributed by atoms with van der Waals surface area (Å²) in [6.45, 7) is 3.93. The van der Waals surface area contributed by atoms with Crippen molar-refractivity contribution in [2.45, 2.75) is 43.9 Å². The number of hydrogen-bond acceptors (Lipinski definition) is 4. The summed E-state index contributed by atoms with van der Waals surface area (Å²) in [5.41, 5.74) is 6.15. The lowest BCUT2D eigenvalue weighted by atomic mass is 9.91. The molecular weight excluding hydrogens is 206 g/mol. The minimum absolute atomic E-state index is 0.116. The quantitative estimate of drug-likeness (QED) is 0.506. The van der Waals surface area contributed by atoms with Crippen LogP contribution in [0, 0.1) is 5.92 Å². The summed E-state index contributed by atoms with van der Waals surface area (Å²) in [5, 5.41) is 9.81. The highest BCUT2D eigenvalue weighted by atomic mass is 16.7. The van der Waals surface area contributed by atoms with E-state index in [1.165, 1.54) is 0 Å². The monoisotopic (exact) mass is 229 g/mol. The molecule has 4 heteroatoms. The molecule has 1 fully saturated rings. The molecule has 1 aliphatic rings. The molecule has 0 aromatic rings. The van der Waals surface area contributed by atoms with Crippen molar-refractivity contribution in [3.63, 3.8) is 0 Å². The molecule has 0 aromatic carbocycles. The van der Waals surface area contributed by atoms with Gasteiger partial charge in [-0.05, 0) is 19.3 Å². The van der Waals surface area contributed by atoms with E-state index in [1.807, 2.05) is 0 Å². The van der Waals surface area contributed by atoms with Crippen molar-refractivity contribution in [2.75, 3.05) is 13.9 Å². The van der Waals surface area contributed by atoms with Crippen molar-refractivity contribution in [3.8, 4) is 0 Å². The zero-order valence-corrected chi connectivity index (χ0v) is 9.97. The van der Waals surface area contributed by atoms with Gasteiger partial charge in [0.25, 0.3) is 0 Å². The maximum Gasteiger partial charge on any atom is 0.146 e. The van der Waals surface area contributed by atoms with Crippen LogP contribution in [0.4, 0.5) is 0 Å². The highest BCUT2D eigenvalue weighted by molar-refractivity contribution is 4.91. The van der Waals surface area contributed by atoms with Crippen LogP contribution in [0.2, 0.25) is 0 Å². The van der Waals surface area contributed by atoms with E-state index in [2.05, 4.69) is 6.58 Å². The molecule has 1 aliphatic carbocycles. The van der Waals surface area contributed by atoms with Gasteiger partial charge in [-0.1, -0.05) is 12.5 Å². The van der Waals surface area contributed by atoms with E-state index >= 15 is 0 Å². The number of rotatable bonds is 7. The Kier molecular flexibility index (Phi) is 5.98. The molecule has 0 saturated heterocycles. The molecule has 0 aromatic heterocycles. The lowest BCUT2D eigenvalue weighted by Crippen LogP contribution is -2.45. The zero-order valence-electron chi connectivity index (χ0n) is 9.97. The van der Waals surface area contributed by atoms with Crippen LogP contribution in [-0.4, -0.2) is 37.3 Å². The summed E-state index contributed by atoms with van der Waals surface area (Å²) < 4.78 is 10.4. The first-order valence-electron chi connectivity index (χ1n) is 5.85. The van der Waals surface area contributed by atoms with E-state index in [0.29, 0.717) is 6.42 Å². The van der Waals surface area contributed by atoms with Gasteiger partial charge >= 0.3 is 0 Å². The SMILES string of the molecule is C=CC[C@H](OCOC)[C@H](N)[C@@H]1CCC[C@@H]1O. The molecule has 0 bridgehead atoms. The molecule has 0 spiro atoms. The first kappa shape index (κ1) is 13.6. The standard InChI is InChI=1S/C12H23NO3/c1-3-5-11(16-8-15-2)12(13)9-6-4-7-10(9)14/h3,9-12,14H,1,4-8,13H2,2H3/t9-,10+,11+,12-/m1/s1. The zero-order chi connectivity index (χ0) is 12.0. The fourth-order valence-electron chi connectivity index (χ4n) is 2.35. The number of aliphatic hydroxyl groups is 1. The van der Waals surface area contributed by atoms with Crippen LogP contribution in [0.15, 0.2) is 12.7 Å². The Balaban J connectivity index is 2.50. The molecular formula is C12H23NO3. The Morgan fingerprint density at radius 2 is 2.31 bits per heavy atom. The number of ether oxygens (including phenoxy) is 2. The summed E-state index contributed by atoms with van der Waals surface area (Å²) in [6, 6.07) is -0.148. The molecule has 0 unspecified atom stereocenters. The molecule has 4 nitrogen and oxygen atoms in total. The van der Waals surface area contributed by atoms with E-state index in [9.17, 15) is 5.11 Å². The summed E-state index contributed by atoms with van der Waals surface area (Å²) >= 11 is 0. The molecule has 1 saturated carbocycles. The van der Waals surface area contributed by atoms with Crippen molar-refractivity contribution in [3.05, 3.63) is 12.7 Å². The number of hydrogen-bond donors (Lipinski definition) is 2. The van der Waals surface area contributed by atoms with Crippen LogP contribution >= 0.6 is 0 Å². The Morgan fingerprint density at radius 1 is 1.56 bits per heavy atom. The number of methoxy groups -OCH3 is 1. The molecule has 16 heavy (non-hydrogen) atoms. The van der Waals surface area contributed by atoms with Gasteiger partial charge in [-0.2, -0.15) is 0 Å². The third kappa shape index (κ3) is 3.56. The van der Waals surface area contributed by atoms with Crippen LogP contribution in [0.1, 0.15) is 25.7 Å². The predicted octanol–water partition coefficient (Wildman–Crippen LogP) is 1.04. The van der Waals surface area contributed by atoms with Gasteiger partial charge < -0.3 is 20.3 Å². The molecule has 0 radical (unpaired) electrons. The lowest BCUT2D eigenvalue weighted by molar-refractivity contribution is -0.0883. The smallest absolute Gasteiger partial charge is 0.146 e. The van der Waals surface area contributed by atoms with Crippen LogP contribution in [0.5, 0.6) is 0 Å². The van der Waals surface area contributed by atoms with Gasteiger partial charge in [-0.15, -0.1) is 6.58 Å². The van der Waals surface area contributed by atoms with Crippen LogP contribution in [0.25, 0.3) is 0 Å². The van der Waals surface area contributed by atoms with Crippen molar-refractivity contribution < 1.29 is 14.6 Å². The maximum absolute atomic E-state index is 9.81. The van der Waals surface area contributed by atoms with Gasteiger partial charge in [0.05, 0.1) is 12.2 Å². The Morgan fingerprint density at radius 3 is 2.81 bits per heavy atom. The molecule has 0 heterocycles. The second-order valence-corrected chi connectivity index (χ2v) is 4.38. The predicted molar refractivity (Wildman–Crippen MR) is 62.9 cm³/mol. The lowest BCUT2D eigenvalue weighted by Gasteiger charge is -2.29. The Labute approximate surface area is 97.4 Å². The fourth-order valence-corrected chi connectivity index (χ4v) is 2.35. The highest BCUT2D eigenvalue weighted by Gasteiger charge is 2.34. The second-order valence-electron chi connectivity index (χ2n) is 4.38. The Bertz CT molecular complexity index is 210. The normalized spacial score (nSPS) is 28.9. The van der Waals surface area contributed by atoms with Crippen LogP contribution < -0.4 is 5.73 Å². The molecule has 94 valence electrons. The van der Waals surface area contributed by atoms with Gasteiger partial charge in [0.2, 0.25) is 0 Å². The van der Waals surface area contributed by atoms with E-state index in [0.717, 1.165) is 19.3 Å². The van der Waals surface area contributed by atoms with Gasteiger partial charge in [0, 0.05) is 19.1 Å². The highest BCUT2D eigenvalue weighted by Crippen LogP contribution is 2.30. The van der Waals surface area contributed by atoms with E-state index in [4.69, 9.17) is 15.2 Å². The third-order valence-corrected chi connectivity index (χ3v) is 3.25. The van der Waals surface area contributed by atoms with Crippen molar-refractivity contribution in [2.24, 2.45) is 11.7 Å². The summed E-state index contributed by atoms with van der Waals surface area (Å²) in [7, 11) is 1.58. The van der Waals surface area contributed by atoms with Gasteiger partial charge in [-0.25, -0.2) is 0 Å². The van der Waals surface area contributed by atoms with Crippen molar-refractivity contribution in [1.82, 2.24) is 0 Å². The molecule has 4 atom stereocenters. The van der Waals surface area contributed by atoms with E-state index in [1.54, 1.807) is 13.2 Å². The summed E-state index contributed by atoms with van der Waals surface area (Å²) in [5.74, 6) is 0.141. The summed E-state index contributed by atoms with van der Waals surface area (Å²) in [4.78, 5) is 0. The maximum atomic E-state index is 9.81. The molecule has 1 rings (SSSR count). The first-order valence-corrected chi connectivity index (χ1v) is 5.85. The third-order valence-electron chi connectivity index (χ3n) is 3.25. The molecule has 0 amide bonds. The van der Waals surface area contributed by atoms with Gasteiger partial charge in [-0.3, -0.25) is 0 Å². The first-order chi connectivity index (χ1) is 7.70. The average molecular weight is 229 g/mol. The minimum atomic E-state index is -0.284. The van der Waals surface area contributed by atoms with Crippen molar-refractivity contribution >= 4 is 0 Å². The second kappa shape index (κ2) is 7.01. The number of aliphatic hydroxyl groups excluding tert-OH is 1. The van der Waals surface area contributed by atoms with E-state index in [-0.39, 0.29) is 31.0 Å². The van der Waals surface area contributed by atoms with E-state index < -0.39 is 0 Å². The number of nitrogens with two attached hydrogens (primary N) is 1. The topological polar surface area (TPSA) is 64.7 Å². The average Bonchev–Trinajstić information content (AvgIpc) is 2.69. The van der Waals surface area contributed by atoms with Crippen molar-refractivity contribution in [1.29, 1.82) is 0 Å². The van der Waals surface area contributed by atoms with Crippen LogP contribution in [-0.2, 0) is 9.47 Å². The largest absolute Gasteiger partial charge is 0.393 e. The Hall–Kier alpha value is -0.420. The summed E-state index contributed by atoms with van der Waals surface area (Å²) in [6.07, 6.45) is 4.96. The van der Waals surface area contributed by atoms with Gasteiger partial charge in [0.15, 0.2) is 0 Å². The molecule has 3 N–H and O–H groups in total. The van der Waals surface area contributed by atoms with Crippen LogP contribution in [0.3, 0.4) is 0 Å². The minimum Gasteiger partial charge on any atom is -0.393 e.